The normalized spacial score (nSPS) is 17.1. The van der Waals surface area contributed by atoms with E-state index < -0.39 is 5.60 Å². The van der Waals surface area contributed by atoms with Crippen molar-refractivity contribution in [3.63, 3.8) is 0 Å². The van der Waals surface area contributed by atoms with Crippen LogP contribution < -0.4 is 10.6 Å². The molecule has 0 unspecified atom stereocenters. The molecule has 1 fully saturated rings. The lowest BCUT2D eigenvalue weighted by Crippen LogP contribution is -2.50. The highest BCUT2D eigenvalue weighted by molar-refractivity contribution is 5.79. The molecule has 1 heterocycles. The van der Waals surface area contributed by atoms with Gasteiger partial charge in [0, 0.05) is 45.8 Å². The first-order chi connectivity index (χ1) is 11.2. The molecule has 1 saturated heterocycles. The van der Waals surface area contributed by atoms with Crippen LogP contribution in [0.4, 0.5) is 4.79 Å². The molecule has 0 aromatic carbocycles. The zero-order chi connectivity index (χ0) is 18.2. The van der Waals surface area contributed by atoms with Crippen molar-refractivity contribution in [1.29, 1.82) is 0 Å². The van der Waals surface area contributed by atoms with Crippen molar-refractivity contribution in [3.05, 3.63) is 0 Å². The van der Waals surface area contributed by atoms with Crippen molar-refractivity contribution >= 4 is 12.1 Å². The van der Waals surface area contributed by atoms with Gasteiger partial charge in [0.05, 0.1) is 0 Å². The third-order valence-corrected chi connectivity index (χ3v) is 3.62. The monoisotopic (exact) mass is 341 g/mol. The number of piperazine rings is 1. The Hall–Kier alpha value is -1.50. The van der Waals surface area contributed by atoms with E-state index in [1.165, 1.54) is 0 Å². The number of ether oxygens (including phenoxy) is 1. The number of aliphatic imine (C=N–C) groups is 1. The second-order valence-electron chi connectivity index (χ2n) is 7.46. The fraction of sp³-hybridized carbons (Fsp3) is 0.882. The lowest BCUT2D eigenvalue weighted by molar-refractivity contribution is 0.0145. The molecule has 0 aromatic rings. The van der Waals surface area contributed by atoms with E-state index >= 15 is 0 Å². The van der Waals surface area contributed by atoms with Crippen LogP contribution in [0.3, 0.4) is 0 Å². The van der Waals surface area contributed by atoms with Crippen molar-refractivity contribution in [2.24, 2.45) is 4.99 Å². The van der Waals surface area contributed by atoms with Crippen LogP contribution in [0.25, 0.3) is 0 Å². The summed E-state index contributed by atoms with van der Waals surface area (Å²) in [6, 6.07) is 0.372. The molecule has 0 atom stereocenters. The number of guanidine groups is 1. The molecule has 7 heteroatoms. The molecule has 2 N–H and O–H groups in total. The van der Waals surface area contributed by atoms with Gasteiger partial charge in [-0.1, -0.05) is 0 Å². The van der Waals surface area contributed by atoms with Gasteiger partial charge in [-0.05, 0) is 47.6 Å². The summed E-state index contributed by atoms with van der Waals surface area (Å²) in [5.41, 5.74) is -0.428. The van der Waals surface area contributed by atoms with Gasteiger partial charge in [-0.2, -0.15) is 0 Å². The summed E-state index contributed by atoms with van der Waals surface area (Å²) < 4.78 is 5.42. The molecular formula is C17H35N5O2. The minimum atomic E-state index is -0.428. The van der Waals surface area contributed by atoms with E-state index in [1.807, 2.05) is 20.8 Å². The molecule has 1 aliphatic heterocycles. The van der Waals surface area contributed by atoms with Crippen LogP contribution in [0.15, 0.2) is 4.99 Å². The molecule has 0 spiro atoms. The Morgan fingerprint density at radius 1 is 1.21 bits per heavy atom. The van der Waals surface area contributed by atoms with Crippen molar-refractivity contribution in [2.75, 3.05) is 46.3 Å². The molecule has 0 saturated carbocycles. The number of nitrogens with zero attached hydrogens (tertiary/aromatic N) is 3. The third kappa shape index (κ3) is 8.38. The maximum absolute atomic E-state index is 12.0. The number of rotatable bonds is 5. The highest BCUT2D eigenvalue weighted by atomic mass is 16.6. The molecular weight excluding hydrogens is 306 g/mol. The zero-order valence-corrected chi connectivity index (χ0v) is 16.2. The average molecular weight is 342 g/mol. The summed E-state index contributed by atoms with van der Waals surface area (Å²) >= 11 is 0. The van der Waals surface area contributed by atoms with E-state index in [4.69, 9.17) is 4.74 Å². The predicted octanol–water partition coefficient (Wildman–Crippen LogP) is 1.50. The van der Waals surface area contributed by atoms with Gasteiger partial charge < -0.3 is 20.3 Å². The highest BCUT2D eigenvalue weighted by Gasteiger charge is 2.25. The van der Waals surface area contributed by atoms with Gasteiger partial charge >= 0.3 is 6.09 Å². The average Bonchev–Trinajstić information content (AvgIpc) is 2.48. The van der Waals surface area contributed by atoms with Gasteiger partial charge in [-0.3, -0.25) is 9.89 Å². The standard InChI is InChI=1S/C17H35N5O2/c1-14(2)20-15(18-6)19-8-7-9-21-10-12-22(13-11-21)16(23)24-17(3,4)5/h14H,7-13H2,1-6H3,(H2,18,19,20). The van der Waals surface area contributed by atoms with E-state index in [9.17, 15) is 4.79 Å². The minimum Gasteiger partial charge on any atom is -0.444 e. The number of nitrogens with one attached hydrogen (secondary N) is 2. The largest absolute Gasteiger partial charge is 0.444 e. The molecule has 1 rings (SSSR count). The van der Waals surface area contributed by atoms with Gasteiger partial charge in [0.25, 0.3) is 0 Å². The molecule has 0 bridgehead atoms. The quantitative estimate of drug-likeness (QED) is 0.451. The van der Waals surface area contributed by atoms with Crippen LogP contribution in [0.5, 0.6) is 0 Å². The maximum atomic E-state index is 12.0. The number of carbonyl (C=O) groups is 1. The molecule has 24 heavy (non-hydrogen) atoms. The van der Waals surface area contributed by atoms with Gasteiger partial charge in [0.2, 0.25) is 0 Å². The van der Waals surface area contributed by atoms with Crippen LogP contribution in [0, 0.1) is 0 Å². The molecule has 0 aromatic heterocycles. The summed E-state index contributed by atoms with van der Waals surface area (Å²) in [5.74, 6) is 0.847. The van der Waals surface area contributed by atoms with Gasteiger partial charge in [0.15, 0.2) is 5.96 Å². The number of hydrogen-bond donors (Lipinski definition) is 2. The summed E-state index contributed by atoms with van der Waals surface area (Å²) in [4.78, 5) is 20.4. The molecule has 1 amide bonds. The fourth-order valence-corrected chi connectivity index (χ4v) is 2.46. The summed E-state index contributed by atoms with van der Waals surface area (Å²) in [6.45, 7) is 15.1. The Balaban J connectivity index is 2.19. The van der Waals surface area contributed by atoms with Crippen LogP contribution in [0.2, 0.25) is 0 Å². The first kappa shape index (κ1) is 20.5. The van der Waals surface area contributed by atoms with Crippen LogP contribution in [-0.2, 0) is 4.74 Å². The molecule has 140 valence electrons. The molecule has 0 radical (unpaired) electrons. The van der Waals surface area contributed by atoms with E-state index in [0.29, 0.717) is 6.04 Å². The topological polar surface area (TPSA) is 69.2 Å². The molecule has 1 aliphatic rings. The fourth-order valence-electron chi connectivity index (χ4n) is 2.46. The number of amides is 1. The number of hydrogen-bond acceptors (Lipinski definition) is 4. The molecule has 0 aliphatic carbocycles. The minimum absolute atomic E-state index is 0.202. The van der Waals surface area contributed by atoms with Crippen LogP contribution in [0.1, 0.15) is 41.0 Å². The van der Waals surface area contributed by atoms with Crippen molar-refractivity contribution in [3.8, 4) is 0 Å². The first-order valence-electron chi connectivity index (χ1n) is 8.88. The first-order valence-corrected chi connectivity index (χ1v) is 8.88. The van der Waals surface area contributed by atoms with E-state index in [1.54, 1.807) is 11.9 Å². The lowest BCUT2D eigenvalue weighted by atomic mass is 10.2. The van der Waals surface area contributed by atoms with Crippen molar-refractivity contribution in [1.82, 2.24) is 20.4 Å². The Morgan fingerprint density at radius 3 is 2.33 bits per heavy atom. The Kier molecular flexibility index (Phi) is 8.31. The van der Waals surface area contributed by atoms with Crippen molar-refractivity contribution < 1.29 is 9.53 Å². The van der Waals surface area contributed by atoms with Crippen LogP contribution >= 0.6 is 0 Å². The van der Waals surface area contributed by atoms with Crippen molar-refractivity contribution in [2.45, 2.75) is 52.7 Å². The summed E-state index contributed by atoms with van der Waals surface area (Å²) in [6.07, 6.45) is 0.845. The van der Waals surface area contributed by atoms with E-state index in [0.717, 1.165) is 51.6 Å². The predicted molar refractivity (Wildman–Crippen MR) is 98.5 cm³/mol. The van der Waals surface area contributed by atoms with E-state index in [-0.39, 0.29) is 6.09 Å². The second kappa shape index (κ2) is 9.71. The Bertz CT molecular complexity index is 410. The summed E-state index contributed by atoms with van der Waals surface area (Å²) in [7, 11) is 1.79. The van der Waals surface area contributed by atoms with Gasteiger partial charge in [-0.25, -0.2) is 4.79 Å². The van der Waals surface area contributed by atoms with Gasteiger partial charge in [-0.15, -0.1) is 0 Å². The summed E-state index contributed by atoms with van der Waals surface area (Å²) in [5, 5.41) is 6.59. The van der Waals surface area contributed by atoms with E-state index in [2.05, 4.69) is 34.4 Å². The third-order valence-electron chi connectivity index (χ3n) is 3.62. The van der Waals surface area contributed by atoms with Gasteiger partial charge in [0.1, 0.15) is 5.60 Å². The Morgan fingerprint density at radius 2 is 1.83 bits per heavy atom. The SMILES string of the molecule is CN=C(NCCCN1CCN(C(=O)OC(C)(C)C)CC1)NC(C)C. The lowest BCUT2D eigenvalue weighted by Gasteiger charge is -2.35. The zero-order valence-electron chi connectivity index (χ0n) is 16.2. The maximum Gasteiger partial charge on any atom is 0.410 e. The van der Waals surface area contributed by atoms with Crippen LogP contribution in [-0.4, -0.2) is 79.8 Å². The second-order valence-corrected chi connectivity index (χ2v) is 7.46. The highest BCUT2D eigenvalue weighted by Crippen LogP contribution is 2.11. The number of carbonyl (C=O) groups excluding carboxylic acids is 1. The molecule has 7 nitrogen and oxygen atoms in total. The smallest absolute Gasteiger partial charge is 0.410 e. The Labute approximate surface area is 146 Å².